The summed E-state index contributed by atoms with van der Waals surface area (Å²) in [5.74, 6) is 0.842. The molecule has 1 saturated heterocycles. The molecule has 1 amide bonds. The first-order chi connectivity index (χ1) is 11.2. The molecular formula is C15H21N5OS2. The Balaban J connectivity index is 1.50. The predicted molar refractivity (Wildman–Crippen MR) is 95.8 cm³/mol. The molecule has 8 heteroatoms. The summed E-state index contributed by atoms with van der Waals surface area (Å²) in [7, 11) is 0. The number of anilines is 1. The van der Waals surface area contributed by atoms with Crippen molar-refractivity contribution in [2.75, 3.05) is 31.1 Å². The maximum absolute atomic E-state index is 12.1. The van der Waals surface area contributed by atoms with Crippen molar-refractivity contribution in [3.05, 3.63) is 11.4 Å². The Kier molecular flexibility index (Phi) is 5.34. The molecule has 0 radical (unpaired) electrons. The van der Waals surface area contributed by atoms with Crippen molar-refractivity contribution in [1.29, 1.82) is 0 Å². The number of likely N-dealkylation sites (tertiary alicyclic amines) is 1. The largest absolute Gasteiger partial charge is 0.383 e. The van der Waals surface area contributed by atoms with E-state index in [4.69, 9.17) is 5.73 Å². The van der Waals surface area contributed by atoms with E-state index in [2.05, 4.69) is 27.1 Å². The molecule has 6 nitrogen and oxygen atoms in total. The normalized spacial score (nSPS) is 16.7. The summed E-state index contributed by atoms with van der Waals surface area (Å²) in [4.78, 5) is 24.1. The Morgan fingerprint density at radius 2 is 2.26 bits per heavy atom. The van der Waals surface area contributed by atoms with Crippen LogP contribution >= 0.6 is 23.1 Å². The van der Waals surface area contributed by atoms with Gasteiger partial charge in [-0.2, -0.15) is 0 Å². The standard InChI is InChI=1S/C15H21N5OS2/c1-2-20-6-3-10(4-7-20)17-12(21)9-23-15-18-13(16)11-5-8-22-14(11)19-15/h5,8,10H,2-4,6-7,9H2,1H3,(H,17,21)(H2,16,18,19). The van der Waals surface area contributed by atoms with Gasteiger partial charge in [-0.3, -0.25) is 4.79 Å². The van der Waals surface area contributed by atoms with Crippen molar-refractivity contribution < 1.29 is 4.79 Å². The van der Waals surface area contributed by atoms with E-state index in [9.17, 15) is 4.79 Å². The van der Waals surface area contributed by atoms with Gasteiger partial charge in [0, 0.05) is 19.1 Å². The second-order valence-electron chi connectivity index (χ2n) is 5.60. The molecule has 0 unspecified atom stereocenters. The number of carbonyl (C=O) groups excluding carboxylic acids is 1. The fraction of sp³-hybridized carbons (Fsp3) is 0.533. The number of nitrogens with two attached hydrogens (primary N) is 1. The smallest absolute Gasteiger partial charge is 0.230 e. The molecule has 0 spiro atoms. The van der Waals surface area contributed by atoms with Crippen LogP contribution in [0, 0.1) is 0 Å². The summed E-state index contributed by atoms with van der Waals surface area (Å²) in [6, 6.07) is 2.20. The number of nitrogens with zero attached hydrogens (tertiary/aromatic N) is 3. The molecule has 0 bridgehead atoms. The van der Waals surface area contributed by atoms with Gasteiger partial charge in [-0.25, -0.2) is 9.97 Å². The Labute approximate surface area is 143 Å². The van der Waals surface area contributed by atoms with E-state index in [1.54, 1.807) is 0 Å². The minimum absolute atomic E-state index is 0.0402. The molecule has 3 N–H and O–H groups in total. The van der Waals surface area contributed by atoms with Crippen molar-refractivity contribution in [1.82, 2.24) is 20.2 Å². The Morgan fingerprint density at radius 1 is 1.48 bits per heavy atom. The third-order valence-corrected chi connectivity index (χ3v) is 5.72. The van der Waals surface area contributed by atoms with Crippen LogP contribution in [0.3, 0.4) is 0 Å². The van der Waals surface area contributed by atoms with E-state index in [1.807, 2.05) is 11.4 Å². The topological polar surface area (TPSA) is 84.1 Å². The molecule has 0 saturated carbocycles. The van der Waals surface area contributed by atoms with Crippen LogP contribution in [0.1, 0.15) is 19.8 Å². The summed E-state index contributed by atoms with van der Waals surface area (Å²) < 4.78 is 0. The number of hydrogen-bond donors (Lipinski definition) is 2. The van der Waals surface area contributed by atoms with Crippen LogP contribution in [-0.4, -0.2) is 52.2 Å². The van der Waals surface area contributed by atoms with Crippen LogP contribution in [0.15, 0.2) is 16.6 Å². The molecule has 1 fully saturated rings. The third-order valence-electron chi connectivity index (χ3n) is 4.07. The number of aromatic nitrogens is 2. The zero-order valence-corrected chi connectivity index (χ0v) is 14.8. The lowest BCUT2D eigenvalue weighted by atomic mass is 10.1. The van der Waals surface area contributed by atoms with Crippen molar-refractivity contribution >= 4 is 45.0 Å². The molecule has 3 heterocycles. The second kappa shape index (κ2) is 7.46. The first-order valence-corrected chi connectivity index (χ1v) is 9.67. The van der Waals surface area contributed by atoms with Gasteiger partial charge in [0.2, 0.25) is 5.91 Å². The number of nitrogens with one attached hydrogen (secondary N) is 1. The second-order valence-corrected chi connectivity index (χ2v) is 7.43. The molecule has 2 aromatic heterocycles. The first-order valence-electron chi connectivity index (χ1n) is 7.81. The van der Waals surface area contributed by atoms with Gasteiger partial charge in [0.05, 0.1) is 11.1 Å². The summed E-state index contributed by atoms with van der Waals surface area (Å²) >= 11 is 2.87. The lowest BCUT2D eigenvalue weighted by molar-refractivity contribution is -0.119. The van der Waals surface area contributed by atoms with E-state index < -0.39 is 0 Å². The lowest BCUT2D eigenvalue weighted by Gasteiger charge is -2.31. The number of thiophene rings is 1. The molecule has 1 aliphatic rings. The van der Waals surface area contributed by atoms with Crippen molar-refractivity contribution in [2.24, 2.45) is 0 Å². The number of nitrogen functional groups attached to an aromatic ring is 1. The van der Waals surface area contributed by atoms with Crippen molar-refractivity contribution in [3.63, 3.8) is 0 Å². The molecular weight excluding hydrogens is 330 g/mol. The quantitative estimate of drug-likeness (QED) is 0.633. The van der Waals surface area contributed by atoms with Gasteiger partial charge in [0.15, 0.2) is 5.16 Å². The van der Waals surface area contributed by atoms with Crippen molar-refractivity contribution in [3.8, 4) is 0 Å². The van der Waals surface area contributed by atoms with E-state index in [0.29, 0.717) is 16.7 Å². The average molecular weight is 352 g/mol. The van der Waals surface area contributed by atoms with Gasteiger partial charge >= 0.3 is 0 Å². The number of amides is 1. The fourth-order valence-electron chi connectivity index (χ4n) is 2.72. The Hall–Kier alpha value is -1.38. The van der Waals surface area contributed by atoms with Gasteiger partial charge in [-0.05, 0) is 30.8 Å². The lowest BCUT2D eigenvalue weighted by Crippen LogP contribution is -2.45. The highest BCUT2D eigenvalue weighted by atomic mass is 32.2. The highest BCUT2D eigenvalue weighted by molar-refractivity contribution is 7.99. The minimum Gasteiger partial charge on any atom is -0.383 e. The van der Waals surface area contributed by atoms with E-state index in [-0.39, 0.29) is 11.9 Å². The molecule has 1 aliphatic heterocycles. The highest BCUT2D eigenvalue weighted by Crippen LogP contribution is 2.26. The van der Waals surface area contributed by atoms with Crippen LogP contribution in [-0.2, 0) is 4.79 Å². The van der Waals surface area contributed by atoms with Crippen LogP contribution < -0.4 is 11.1 Å². The fourth-order valence-corrected chi connectivity index (χ4v) is 4.21. The van der Waals surface area contributed by atoms with Crippen LogP contribution in [0.25, 0.3) is 10.2 Å². The first kappa shape index (κ1) is 16.5. The minimum atomic E-state index is 0.0402. The van der Waals surface area contributed by atoms with E-state index in [1.165, 1.54) is 23.1 Å². The number of rotatable bonds is 5. The van der Waals surface area contributed by atoms with Gasteiger partial charge in [0.1, 0.15) is 10.6 Å². The monoisotopic (exact) mass is 351 g/mol. The molecule has 0 atom stereocenters. The zero-order chi connectivity index (χ0) is 16.2. The van der Waals surface area contributed by atoms with Gasteiger partial charge < -0.3 is 16.0 Å². The van der Waals surface area contributed by atoms with Gasteiger partial charge in [-0.1, -0.05) is 18.7 Å². The maximum Gasteiger partial charge on any atom is 0.230 e. The van der Waals surface area contributed by atoms with Crippen molar-refractivity contribution in [2.45, 2.75) is 31.0 Å². The maximum atomic E-state index is 12.1. The number of fused-ring (bicyclic) bond motifs is 1. The molecule has 0 aromatic carbocycles. The number of piperidine rings is 1. The molecule has 3 rings (SSSR count). The van der Waals surface area contributed by atoms with E-state index in [0.717, 1.165) is 42.7 Å². The van der Waals surface area contributed by atoms with Gasteiger partial charge in [0.25, 0.3) is 0 Å². The average Bonchev–Trinajstić information content (AvgIpc) is 3.03. The number of hydrogen-bond acceptors (Lipinski definition) is 7. The number of thioether (sulfide) groups is 1. The zero-order valence-electron chi connectivity index (χ0n) is 13.1. The predicted octanol–water partition coefficient (Wildman–Crippen LogP) is 1.97. The molecule has 124 valence electrons. The van der Waals surface area contributed by atoms with Crippen LogP contribution in [0.2, 0.25) is 0 Å². The van der Waals surface area contributed by atoms with E-state index >= 15 is 0 Å². The summed E-state index contributed by atoms with van der Waals surface area (Å²) in [6.07, 6.45) is 2.05. The Bertz CT molecular complexity index is 682. The van der Waals surface area contributed by atoms with Crippen LogP contribution in [0.4, 0.5) is 5.82 Å². The third kappa shape index (κ3) is 4.13. The summed E-state index contributed by atoms with van der Waals surface area (Å²) in [6.45, 7) is 5.37. The summed E-state index contributed by atoms with van der Waals surface area (Å²) in [5.41, 5.74) is 5.92. The molecule has 2 aromatic rings. The van der Waals surface area contributed by atoms with Gasteiger partial charge in [-0.15, -0.1) is 11.3 Å². The Morgan fingerprint density at radius 3 is 3.00 bits per heavy atom. The van der Waals surface area contributed by atoms with Crippen LogP contribution in [0.5, 0.6) is 0 Å². The summed E-state index contributed by atoms with van der Waals surface area (Å²) in [5, 5.41) is 6.50. The molecule has 23 heavy (non-hydrogen) atoms. The number of carbonyl (C=O) groups is 1. The molecule has 0 aliphatic carbocycles. The highest BCUT2D eigenvalue weighted by Gasteiger charge is 2.19. The SMILES string of the molecule is CCN1CCC(NC(=O)CSc2nc(N)c3ccsc3n2)CC1.